The van der Waals surface area contributed by atoms with Crippen LogP contribution in [0.4, 0.5) is 0 Å². The van der Waals surface area contributed by atoms with Gasteiger partial charge in [0, 0.05) is 29.8 Å². The molecule has 1 aromatic carbocycles. The van der Waals surface area contributed by atoms with Crippen LogP contribution in [-0.2, 0) is 4.79 Å². The van der Waals surface area contributed by atoms with Gasteiger partial charge in [-0.15, -0.1) is 0 Å². The van der Waals surface area contributed by atoms with Crippen molar-refractivity contribution < 1.29 is 4.79 Å². The van der Waals surface area contributed by atoms with E-state index in [1.807, 2.05) is 50.5 Å². The third kappa shape index (κ3) is 4.68. The minimum atomic E-state index is -0.0679. The van der Waals surface area contributed by atoms with Gasteiger partial charge in [-0.3, -0.25) is 9.78 Å². The first-order valence-electron chi connectivity index (χ1n) is 7.11. The summed E-state index contributed by atoms with van der Waals surface area (Å²) in [6.45, 7) is 1.66. The first-order valence-corrected chi connectivity index (χ1v) is 7.11. The normalized spacial score (nSPS) is 11.4. The molecule has 0 saturated carbocycles. The summed E-state index contributed by atoms with van der Waals surface area (Å²) < 4.78 is 0. The first kappa shape index (κ1) is 15.2. The highest BCUT2D eigenvalue weighted by atomic mass is 16.1. The number of rotatable bonds is 6. The number of hydrogen-bond acceptors (Lipinski definition) is 3. The molecule has 0 unspecified atom stereocenters. The number of benzene rings is 1. The number of para-hydroxylation sites is 1. The van der Waals surface area contributed by atoms with Crippen molar-refractivity contribution in [2.45, 2.75) is 6.42 Å². The summed E-state index contributed by atoms with van der Waals surface area (Å²) in [7, 11) is 4.05. The van der Waals surface area contributed by atoms with Crippen molar-refractivity contribution in [3.63, 3.8) is 0 Å². The summed E-state index contributed by atoms with van der Waals surface area (Å²) in [5, 5.41) is 3.96. The second kappa shape index (κ2) is 7.55. The molecule has 1 amide bonds. The predicted molar refractivity (Wildman–Crippen MR) is 87.0 cm³/mol. The van der Waals surface area contributed by atoms with Crippen molar-refractivity contribution in [1.82, 2.24) is 15.2 Å². The molecule has 1 N–H and O–H groups in total. The molecule has 21 heavy (non-hydrogen) atoms. The van der Waals surface area contributed by atoms with Crippen LogP contribution in [0.2, 0.25) is 0 Å². The van der Waals surface area contributed by atoms with E-state index in [4.69, 9.17) is 0 Å². The smallest absolute Gasteiger partial charge is 0.244 e. The number of fused-ring (bicyclic) bond motifs is 1. The van der Waals surface area contributed by atoms with Crippen LogP contribution in [0.1, 0.15) is 12.0 Å². The van der Waals surface area contributed by atoms with Gasteiger partial charge in [0.15, 0.2) is 0 Å². The van der Waals surface area contributed by atoms with Crippen molar-refractivity contribution in [3.05, 3.63) is 48.2 Å². The lowest BCUT2D eigenvalue weighted by Gasteiger charge is -2.08. The Labute approximate surface area is 125 Å². The lowest BCUT2D eigenvalue weighted by atomic mass is 10.1. The Bertz CT molecular complexity index is 629. The van der Waals surface area contributed by atoms with Gasteiger partial charge in [-0.2, -0.15) is 0 Å². The monoisotopic (exact) mass is 283 g/mol. The van der Waals surface area contributed by atoms with Gasteiger partial charge in [0.25, 0.3) is 0 Å². The van der Waals surface area contributed by atoms with Gasteiger partial charge in [-0.1, -0.05) is 24.3 Å². The van der Waals surface area contributed by atoms with Gasteiger partial charge < -0.3 is 10.2 Å². The van der Waals surface area contributed by atoms with E-state index in [-0.39, 0.29) is 5.91 Å². The number of carbonyl (C=O) groups excluding carboxylic acids is 1. The highest BCUT2D eigenvalue weighted by molar-refractivity contribution is 5.95. The van der Waals surface area contributed by atoms with E-state index in [9.17, 15) is 4.79 Å². The summed E-state index contributed by atoms with van der Waals surface area (Å²) in [5.74, 6) is -0.0679. The number of amides is 1. The van der Waals surface area contributed by atoms with E-state index in [1.54, 1.807) is 12.3 Å². The molecule has 2 rings (SSSR count). The molecule has 0 bridgehead atoms. The lowest BCUT2D eigenvalue weighted by Crippen LogP contribution is -2.25. The lowest BCUT2D eigenvalue weighted by molar-refractivity contribution is -0.116. The molecule has 0 atom stereocenters. The summed E-state index contributed by atoms with van der Waals surface area (Å²) in [4.78, 5) is 18.2. The number of nitrogens with zero attached hydrogens (tertiary/aromatic N) is 2. The van der Waals surface area contributed by atoms with Crippen LogP contribution in [0.3, 0.4) is 0 Å². The molecule has 0 spiro atoms. The number of carbonyl (C=O) groups is 1. The molecule has 0 fully saturated rings. The quantitative estimate of drug-likeness (QED) is 0.653. The van der Waals surface area contributed by atoms with E-state index >= 15 is 0 Å². The second-order valence-electron chi connectivity index (χ2n) is 5.20. The van der Waals surface area contributed by atoms with Gasteiger partial charge in [0.2, 0.25) is 5.91 Å². The average molecular weight is 283 g/mol. The number of hydrogen-bond donors (Lipinski definition) is 1. The maximum Gasteiger partial charge on any atom is 0.244 e. The van der Waals surface area contributed by atoms with Crippen LogP contribution < -0.4 is 5.32 Å². The highest BCUT2D eigenvalue weighted by Gasteiger charge is 2.00. The Morgan fingerprint density at radius 3 is 2.90 bits per heavy atom. The maximum absolute atomic E-state index is 11.8. The van der Waals surface area contributed by atoms with Crippen LogP contribution in [0.25, 0.3) is 17.0 Å². The standard InChI is InChI=1S/C17H21N3O/c1-20(2)13-5-12-18-16(21)10-9-15-7-3-6-14-8-4-11-19-17(14)15/h3-4,6-11H,5,12-13H2,1-2H3,(H,18,21)/b10-9+. The van der Waals surface area contributed by atoms with E-state index < -0.39 is 0 Å². The van der Waals surface area contributed by atoms with Crippen molar-refractivity contribution in [2.75, 3.05) is 27.2 Å². The molecular weight excluding hydrogens is 262 g/mol. The molecule has 0 aliphatic carbocycles. The molecule has 0 aliphatic rings. The van der Waals surface area contributed by atoms with Crippen LogP contribution >= 0.6 is 0 Å². The molecule has 2 aromatic rings. The third-order valence-corrected chi connectivity index (χ3v) is 3.16. The topological polar surface area (TPSA) is 45.2 Å². The van der Waals surface area contributed by atoms with E-state index in [2.05, 4.69) is 15.2 Å². The number of aromatic nitrogens is 1. The zero-order valence-corrected chi connectivity index (χ0v) is 12.5. The highest BCUT2D eigenvalue weighted by Crippen LogP contribution is 2.16. The largest absolute Gasteiger partial charge is 0.353 e. The maximum atomic E-state index is 11.8. The first-order chi connectivity index (χ1) is 10.2. The van der Waals surface area contributed by atoms with E-state index in [1.165, 1.54) is 0 Å². The Hall–Kier alpha value is -2.20. The van der Waals surface area contributed by atoms with Crippen molar-refractivity contribution in [3.8, 4) is 0 Å². The zero-order valence-electron chi connectivity index (χ0n) is 12.5. The molecule has 0 radical (unpaired) electrons. The number of nitrogens with one attached hydrogen (secondary N) is 1. The summed E-state index contributed by atoms with van der Waals surface area (Å²) >= 11 is 0. The molecule has 0 aliphatic heterocycles. The van der Waals surface area contributed by atoms with Crippen LogP contribution in [0.15, 0.2) is 42.6 Å². The van der Waals surface area contributed by atoms with Gasteiger partial charge in [-0.25, -0.2) is 0 Å². The van der Waals surface area contributed by atoms with Crippen molar-refractivity contribution in [2.24, 2.45) is 0 Å². The van der Waals surface area contributed by atoms with Crippen molar-refractivity contribution in [1.29, 1.82) is 0 Å². The molecule has 1 heterocycles. The Morgan fingerprint density at radius 2 is 2.10 bits per heavy atom. The molecule has 1 aromatic heterocycles. The van der Waals surface area contributed by atoms with Gasteiger partial charge in [0.1, 0.15) is 0 Å². The van der Waals surface area contributed by atoms with Gasteiger partial charge in [0.05, 0.1) is 5.52 Å². The van der Waals surface area contributed by atoms with Gasteiger partial charge in [-0.05, 0) is 39.2 Å². The fourth-order valence-corrected chi connectivity index (χ4v) is 2.09. The van der Waals surface area contributed by atoms with E-state index in [0.717, 1.165) is 29.4 Å². The van der Waals surface area contributed by atoms with Crippen LogP contribution in [0, 0.1) is 0 Å². The number of pyridine rings is 1. The second-order valence-corrected chi connectivity index (χ2v) is 5.20. The van der Waals surface area contributed by atoms with Crippen LogP contribution in [-0.4, -0.2) is 43.0 Å². The fraction of sp³-hybridized carbons (Fsp3) is 0.294. The predicted octanol–water partition coefficient (Wildman–Crippen LogP) is 2.32. The zero-order chi connectivity index (χ0) is 15.1. The molecule has 0 saturated heterocycles. The van der Waals surface area contributed by atoms with E-state index in [0.29, 0.717) is 6.54 Å². The fourth-order valence-electron chi connectivity index (χ4n) is 2.09. The molecule has 4 heteroatoms. The van der Waals surface area contributed by atoms with Gasteiger partial charge >= 0.3 is 0 Å². The molecule has 4 nitrogen and oxygen atoms in total. The summed E-state index contributed by atoms with van der Waals surface area (Å²) in [6, 6.07) is 9.87. The minimum absolute atomic E-state index is 0.0679. The Kier molecular flexibility index (Phi) is 5.46. The third-order valence-electron chi connectivity index (χ3n) is 3.16. The average Bonchev–Trinajstić information content (AvgIpc) is 2.49. The molecule has 110 valence electrons. The summed E-state index contributed by atoms with van der Waals surface area (Å²) in [6.07, 6.45) is 6.10. The Morgan fingerprint density at radius 1 is 1.29 bits per heavy atom. The Balaban J connectivity index is 1.95. The SMILES string of the molecule is CN(C)CCCNC(=O)/C=C/c1cccc2cccnc12. The van der Waals surface area contributed by atoms with Crippen LogP contribution in [0.5, 0.6) is 0 Å². The van der Waals surface area contributed by atoms with Crippen molar-refractivity contribution >= 4 is 22.9 Å². The minimum Gasteiger partial charge on any atom is -0.353 e. The molecular formula is C17H21N3O. The summed E-state index contributed by atoms with van der Waals surface area (Å²) in [5.41, 5.74) is 1.87.